The van der Waals surface area contributed by atoms with E-state index >= 15 is 0 Å². The molecule has 0 aromatic heterocycles. The summed E-state index contributed by atoms with van der Waals surface area (Å²) in [6.45, 7) is -0.564. The molecule has 3 nitrogen and oxygen atoms in total. The van der Waals surface area contributed by atoms with E-state index in [1.807, 2.05) is 30.3 Å². The van der Waals surface area contributed by atoms with Crippen molar-refractivity contribution in [2.75, 3.05) is 6.79 Å². The molecule has 0 spiro atoms. The number of aliphatic hydroxyl groups excluding tert-OH is 1. The first-order chi connectivity index (χ1) is 6.83. The highest BCUT2D eigenvalue weighted by atomic mass is 16.6. The van der Waals surface area contributed by atoms with Crippen molar-refractivity contribution in [3.63, 3.8) is 0 Å². The summed E-state index contributed by atoms with van der Waals surface area (Å²) < 4.78 is 4.55. The minimum Gasteiger partial charge on any atom is -0.438 e. The fourth-order valence-electron chi connectivity index (χ4n) is 1.61. The normalized spacial score (nSPS) is 17.9. The van der Waals surface area contributed by atoms with E-state index in [9.17, 15) is 4.79 Å². The zero-order chi connectivity index (χ0) is 9.97. The van der Waals surface area contributed by atoms with Gasteiger partial charge in [0.05, 0.1) is 0 Å². The smallest absolute Gasteiger partial charge is 0.319 e. The van der Waals surface area contributed by atoms with Gasteiger partial charge >= 0.3 is 5.97 Å². The summed E-state index contributed by atoms with van der Waals surface area (Å²) in [5.41, 5.74) is 1.97. The summed E-state index contributed by atoms with van der Waals surface area (Å²) >= 11 is 0. The number of carbonyl (C=O) groups excluding carboxylic acids is 1. The molecule has 0 heterocycles. The highest BCUT2D eigenvalue weighted by Crippen LogP contribution is 2.30. The van der Waals surface area contributed by atoms with Crippen molar-refractivity contribution in [2.45, 2.75) is 5.92 Å². The maximum atomic E-state index is 11.4. The van der Waals surface area contributed by atoms with Crippen LogP contribution in [0.5, 0.6) is 0 Å². The van der Waals surface area contributed by atoms with Crippen LogP contribution in [-0.4, -0.2) is 17.9 Å². The number of hydrogen-bond donors (Lipinski definition) is 1. The SMILES string of the molecule is O=C(OCO)C1C=Cc2ccccc21. The fraction of sp³-hybridized carbons (Fsp3) is 0.182. The summed E-state index contributed by atoms with van der Waals surface area (Å²) in [6, 6.07) is 7.63. The Morgan fingerprint density at radius 2 is 2.21 bits per heavy atom. The third-order valence-electron chi connectivity index (χ3n) is 2.26. The standard InChI is InChI=1S/C11H10O3/c12-7-14-11(13)10-6-5-8-3-1-2-4-9(8)10/h1-6,10,12H,7H2. The van der Waals surface area contributed by atoms with Crippen molar-refractivity contribution in [3.8, 4) is 0 Å². The van der Waals surface area contributed by atoms with Crippen LogP contribution in [0.1, 0.15) is 17.0 Å². The molecule has 1 atom stereocenters. The molecule has 1 aromatic rings. The second-order valence-corrected chi connectivity index (χ2v) is 3.06. The molecule has 14 heavy (non-hydrogen) atoms. The molecule has 1 aliphatic rings. The Bertz CT molecular complexity index is 382. The first-order valence-electron chi connectivity index (χ1n) is 4.37. The fourth-order valence-corrected chi connectivity index (χ4v) is 1.61. The molecule has 0 fully saturated rings. The van der Waals surface area contributed by atoms with Gasteiger partial charge in [0.15, 0.2) is 6.79 Å². The zero-order valence-corrected chi connectivity index (χ0v) is 7.51. The molecule has 1 aromatic carbocycles. The Hall–Kier alpha value is -1.61. The van der Waals surface area contributed by atoms with Crippen molar-refractivity contribution in [1.29, 1.82) is 0 Å². The van der Waals surface area contributed by atoms with Crippen LogP contribution in [0, 0.1) is 0 Å². The van der Waals surface area contributed by atoms with Gasteiger partial charge in [-0.25, -0.2) is 0 Å². The summed E-state index contributed by atoms with van der Waals surface area (Å²) in [7, 11) is 0. The lowest BCUT2D eigenvalue weighted by molar-refractivity contribution is -0.152. The van der Waals surface area contributed by atoms with E-state index in [0.29, 0.717) is 0 Å². The largest absolute Gasteiger partial charge is 0.438 e. The average molecular weight is 190 g/mol. The third kappa shape index (κ3) is 1.42. The average Bonchev–Trinajstić information content (AvgIpc) is 2.61. The predicted octanol–water partition coefficient (Wildman–Crippen LogP) is 1.29. The molecular weight excluding hydrogens is 180 g/mol. The van der Waals surface area contributed by atoms with E-state index in [0.717, 1.165) is 11.1 Å². The van der Waals surface area contributed by atoms with Crippen molar-refractivity contribution >= 4 is 12.0 Å². The number of esters is 1. The van der Waals surface area contributed by atoms with Crippen molar-refractivity contribution in [3.05, 3.63) is 41.5 Å². The molecule has 0 saturated carbocycles. The number of carbonyl (C=O) groups is 1. The maximum absolute atomic E-state index is 11.4. The molecule has 72 valence electrons. The quantitative estimate of drug-likeness (QED) is 0.564. The summed E-state index contributed by atoms with van der Waals surface area (Å²) in [5.74, 6) is -0.771. The Morgan fingerprint density at radius 3 is 3.00 bits per heavy atom. The predicted molar refractivity (Wildman–Crippen MR) is 51.4 cm³/mol. The lowest BCUT2D eigenvalue weighted by Gasteiger charge is -2.08. The molecule has 1 unspecified atom stereocenters. The minimum atomic E-state index is -0.564. The Balaban J connectivity index is 2.26. The number of rotatable bonds is 2. The van der Waals surface area contributed by atoms with Crippen LogP contribution in [0.15, 0.2) is 30.3 Å². The highest BCUT2D eigenvalue weighted by molar-refractivity contribution is 5.86. The van der Waals surface area contributed by atoms with Crippen LogP contribution in [0.25, 0.3) is 6.08 Å². The lowest BCUT2D eigenvalue weighted by Crippen LogP contribution is -2.13. The van der Waals surface area contributed by atoms with Gasteiger partial charge in [0, 0.05) is 0 Å². The lowest BCUT2D eigenvalue weighted by atomic mass is 10.0. The van der Waals surface area contributed by atoms with Gasteiger partial charge in [0.2, 0.25) is 0 Å². The molecular formula is C11H10O3. The van der Waals surface area contributed by atoms with E-state index in [2.05, 4.69) is 4.74 Å². The van der Waals surface area contributed by atoms with E-state index in [-0.39, 0.29) is 5.92 Å². The van der Waals surface area contributed by atoms with Gasteiger partial charge in [0.25, 0.3) is 0 Å². The third-order valence-corrected chi connectivity index (χ3v) is 2.26. The van der Waals surface area contributed by atoms with E-state index in [4.69, 9.17) is 5.11 Å². The second kappa shape index (κ2) is 3.64. The summed E-state index contributed by atoms with van der Waals surface area (Å²) in [6.07, 6.45) is 3.67. The zero-order valence-electron chi connectivity index (χ0n) is 7.51. The molecule has 1 aliphatic carbocycles. The first-order valence-corrected chi connectivity index (χ1v) is 4.37. The van der Waals surface area contributed by atoms with Crippen molar-refractivity contribution < 1.29 is 14.6 Å². The second-order valence-electron chi connectivity index (χ2n) is 3.06. The molecule has 0 aliphatic heterocycles. The Labute approximate surface area is 81.6 Å². The van der Waals surface area contributed by atoms with Gasteiger partial charge in [0.1, 0.15) is 5.92 Å². The van der Waals surface area contributed by atoms with Crippen LogP contribution in [-0.2, 0) is 9.53 Å². The first kappa shape index (κ1) is 8.97. The number of aliphatic hydroxyl groups is 1. The number of hydrogen-bond acceptors (Lipinski definition) is 3. The van der Waals surface area contributed by atoms with Gasteiger partial charge in [-0.15, -0.1) is 0 Å². The van der Waals surface area contributed by atoms with E-state index in [1.165, 1.54) is 0 Å². The van der Waals surface area contributed by atoms with Gasteiger partial charge in [-0.2, -0.15) is 0 Å². The van der Waals surface area contributed by atoms with Gasteiger partial charge in [-0.1, -0.05) is 36.4 Å². The van der Waals surface area contributed by atoms with Crippen LogP contribution in [0.4, 0.5) is 0 Å². The Morgan fingerprint density at radius 1 is 1.43 bits per heavy atom. The van der Waals surface area contributed by atoms with Gasteiger partial charge < -0.3 is 9.84 Å². The topological polar surface area (TPSA) is 46.5 Å². The van der Waals surface area contributed by atoms with Crippen LogP contribution >= 0.6 is 0 Å². The maximum Gasteiger partial charge on any atom is 0.319 e. The summed E-state index contributed by atoms with van der Waals surface area (Å²) in [4.78, 5) is 11.4. The van der Waals surface area contributed by atoms with Crippen molar-refractivity contribution in [1.82, 2.24) is 0 Å². The number of ether oxygens (including phenoxy) is 1. The highest BCUT2D eigenvalue weighted by Gasteiger charge is 2.24. The molecule has 0 amide bonds. The van der Waals surface area contributed by atoms with Crippen LogP contribution in [0.2, 0.25) is 0 Å². The Kier molecular flexibility index (Phi) is 2.33. The number of benzene rings is 1. The molecule has 0 bridgehead atoms. The van der Waals surface area contributed by atoms with E-state index in [1.54, 1.807) is 6.08 Å². The molecule has 1 N–H and O–H groups in total. The number of fused-ring (bicyclic) bond motifs is 1. The molecule has 3 heteroatoms. The van der Waals surface area contributed by atoms with Crippen LogP contribution in [0.3, 0.4) is 0 Å². The van der Waals surface area contributed by atoms with Gasteiger partial charge in [-0.05, 0) is 11.1 Å². The molecule has 0 saturated heterocycles. The molecule has 2 rings (SSSR count). The van der Waals surface area contributed by atoms with Crippen LogP contribution < -0.4 is 0 Å². The minimum absolute atomic E-state index is 0.363. The summed E-state index contributed by atoms with van der Waals surface area (Å²) in [5, 5.41) is 8.48. The van der Waals surface area contributed by atoms with Gasteiger partial charge in [-0.3, -0.25) is 4.79 Å². The monoisotopic (exact) mass is 190 g/mol. The van der Waals surface area contributed by atoms with Crippen molar-refractivity contribution in [2.24, 2.45) is 0 Å². The van der Waals surface area contributed by atoms with E-state index < -0.39 is 12.8 Å². The molecule has 0 radical (unpaired) electrons.